The number of amides is 1. The highest BCUT2D eigenvalue weighted by Gasteiger charge is 2.06. The molecular formula is C23H19N3O. The minimum atomic E-state index is -0.115. The van der Waals surface area contributed by atoms with Crippen molar-refractivity contribution in [3.05, 3.63) is 95.9 Å². The largest absolute Gasteiger partial charge is 0.355 e. The number of nitrogens with zero attached hydrogens (tertiary/aromatic N) is 2. The minimum Gasteiger partial charge on any atom is -0.355 e. The summed E-state index contributed by atoms with van der Waals surface area (Å²) in [4.78, 5) is 16.8. The fourth-order valence-corrected chi connectivity index (χ4v) is 2.90. The van der Waals surface area contributed by atoms with Crippen molar-refractivity contribution in [3.8, 4) is 0 Å². The Morgan fingerprint density at radius 1 is 1.00 bits per heavy atom. The van der Waals surface area contributed by atoms with Crippen LogP contribution in [0.1, 0.15) is 21.5 Å². The van der Waals surface area contributed by atoms with E-state index in [1.165, 1.54) is 0 Å². The third-order valence-electron chi connectivity index (χ3n) is 4.34. The second-order valence-corrected chi connectivity index (χ2v) is 6.44. The first-order valence-electron chi connectivity index (χ1n) is 8.74. The molecule has 0 fully saturated rings. The number of anilines is 1. The van der Waals surface area contributed by atoms with E-state index in [-0.39, 0.29) is 5.91 Å². The summed E-state index contributed by atoms with van der Waals surface area (Å²) in [5.41, 5.74) is 4.47. The number of benzene rings is 2. The molecule has 27 heavy (non-hydrogen) atoms. The second-order valence-electron chi connectivity index (χ2n) is 6.44. The van der Waals surface area contributed by atoms with Crippen molar-refractivity contribution in [1.29, 1.82) is 0 Å². The highest BCUT2D eigenvalue weighted by atomic mass is 16.1. The lowest BCUT2D eigenvalue weighted by Gasteiger charge is -2.03. The molecule has 0 aliphatic heterocycles. The molecule has 2 aromatic carbocycles. The van der Waals surface area contributed by atoms with Crippen LogP contribution in [0.3, 0.4) is 0 Å². The SMILES string of the molecule is Cn1ccc(NC(=O)c2ccc(C=Cc3cnc4ccccc4c3)cc2)c1. The summed E-state index contributed by atoms with van der Waals surface area (Å²) < 4.78 is 1.89. The minimum absolute atomic E-state index is 0.115. The van der Waals surface area contributed by atoms with E-state index in [9.17, 15) is 4.79 Å². The van der Waals surface area contributed by atoms with E-state index < -0.39 is 0 Å². The van der Waals surface area contributed by atoms with E-state index in [4.69, 9.17) is 0 Å². The van der Waals surface area contributed by atoms with Gasteiger partial charge in [-0.2, -0.15) is 0 Å². The number of carbonyl (C=O) groups is 1. The van der Waals surface area contributed by atoms with Crippen molar-refractivity contribution in [2.45, 2.75) is 0 Å². The van der Waals surface area contributed by atoms with E-state index in [2.05, 4.69) is 22.4 Å². The number of rotatable bonds is 4. The molecule has 1 N–H and O–H groups in total. The molecule has 0 aliphatic carbocycles. The molecule has 0 aliphatic rings. The zero-order valence-electron chi connectivity index (χ0n) is 15.0. The fraction of sp³-hybridized carbons (Fsp3) is 0.0435. The van der Waals surface area contributed by atoms with E-state index >= 15 is 0 Å². The van der Waals surface area contributed by atoms with Crippen LogP contribution >= 0.6 is 0 Å². The fourth-order valence-electron chi connectivity index (χ4n) is 2.90. The van der Waals surface area contributed by atoms with Crippen LogP contribution < -0.4 is 5.32 Å². The van der Waals surface area contributed by atoms with Gasteiger partial charge in [-0.25, -0.2) is 0 Å². The standard InChI is InChI=1S/C23H19N3O/c1-26-13-12-21(16-26)25-23(27)19-10-8-17(9-11-19)6-7-18-14-20-4-2-3-5-22(20)24-15-18/h2-16H,1H3,(H,25,27). The quantitative estimate of drug-likeness (QED) is 0.561. The number of aryl methyl sites for hydroxylation is 1. The summed E-state index contributed by atoms with van der Waals surface area (Å²) in [7, 11) is 1.92. The summed E-state index contributed by atoms with van der Waals surface area (Å²) in [6.07, 6.45) is 9.67. The molecule has 4 aromatic rings. The van der Waals surface area contributed by atoms with Gasteiger partial charge >= 0.3 is 0 Å². The van der Waals surface area contributed by atoms with Gasteiger partial charge < -0.3 is 9.88 Å². The van der Waals surface area contributed by atoms with E-state index in [1.807, 2.05) is 90.9 Å². The normalized spacial score (nSPS) is 11.1. The van der Waals surface area contributed by atoms with Crippen LogP contribution in [0.25, 0.3) is 23.1 Å². The Kier molecular flexibility index (Phi) is 4.54. The summed E-state index contributed by atoms with van der Waals surface area (Å²) in [5.74, 6) is -0.115. The molecule has 4 rings (SSSR count). The molecule has 0 unspecified atom stereocenters. The van der Waals surface area contributed by atoms with Gasteiger partial charge in [0, 0.05) is 36.6 Å². The van der Waals surface area contributed by atoms with Crippen LogP contribution in [-0.4, -0.2) is 15.5 Å². The van der Waals surface area contributed by atoms with E-state index in [1.54, 1.807) is 0 Å². The Labute approximate surface area is 157 Å². The number of hydrogen-bond acceptors (Lipinski definition) is 2. The highest BCUT2D eigenvalue weighted by molar-refractivity contribution is 6.04. The van der Waals surface area contributed by atoms with Gasteiger partial charge in [-0.1, -0.05) is 42.5 Å². The van der Waals surface area contributed by atoms with Gasteiger partial charge in [-0.05, 0) is 41.5 Å². The highest BCUT2D eigenvalue weighted by Crippen LogP contribution is 2.16. The molecule has 0 atom stereocenters. The first kappa shape index (κ1) is 16.8. The maximum atomic E-state index is 12.3. The van der Waals surface area contributed by atoms with Crippen molar-refractivity contribution in [1.82, 2.24) is 9.55 Å². The van der Waals surface area contributed by atoms with Crippen molar-refractivity contribution in [2.75, 3.05) is 5.32 Å². The Hall–Kier alpha value is -3.66. The van der Waals surface area contributed by atoms with Gasteiger partial charge in [0.2, 0.25) is 0 Å². The maximum absolute atomic E-state index is 12.3. The monoisotopic (exact) mass is 353 g/mol. The van der Waals surface area contributed by atoms with Crippen LogP contribution in [0.4, 0.5) is 5.69 Å². The zero-order chi connectivity index (χ0) is 18.6. The van der Waals surface area contributed by atoms with Gasteiger partial charge in [0.15, 0.2) is 0 Å². The Morgan fingerprint density at radius 2 is 1.78 bits per heavy atom. The first-order chi connectivity index (χ1) is 13.2. The molecular weight excluding hydrogens is 334 g/mol. The van der Waals surface area contributed by atoms with Gasteiger partial charge in [0.05, 0.1) is 11.2 Å². The van der Waals surface area contributed by atoms with Crippen molar-refractivity contribution < 1.29 is 4.79 Å². The second kappa shape index (κ2) is 7.30. The number of carbonyl (C=O) groups excluding carboxylic acids is 1. The van der Waals surface area contributed by atoms with Gasteiger partial charge in [0.25, 0.3) is 5.91 Å². The van der Waals surface area contributed by atoms with Crippen LogP contribution in [0.15, 0.2) is 79.3 Å². The van der Waals surface area contributed by atoms with Crippen molar-refractivity contribution in [3.63, 3.8) is 0 Å². The van der Waals surface area contributed by atoms with Gasteiger partial charge in [-0.3, -0.25) is 9.78 Å². The average molecular weight is 353 g/mol. The molecule has 2 heterocycles. The smallest absolute Gasteiger partial charge is 0.255 e. The molecule has 0 saturated heterocycles. The molecule has 4 nitrogen and oxygen atoms in total. The first-order valence-corrected chi connectivity index (χ1v) is 8.74. The van der Waals surface area contributed by atoms with Crippen LogP contribution in [0, 0.1) is 0 Å². The number of fused-ring (bicyclic) bond motifs is 1. The van der Waals surface area contributed by atoms with Crippen molar-refractivity contribution >= 4 is 34.6 Å². The number of pyridine rings is 1. The van der Waals surface area contributed by atoms with Gasteiger partial charge in [0.1, 0.15) is 0 Å². The van der Waals surface area contributed by atoms with Crippen LogP contribution in [-0.2, 0) is 7.05 Å². The predicted octanol–water partition coefficient (Wildman–Crippen LogP) is 5.00. The van der Waals surface area contributed by atoms with Crippen molar-refractivity contribution in [2.24, 2.45) is 7.05 Å². The zero-order valence-corrected chi connectivity index (χ0v) is 15.0. The molecule has 2 aromatic heterocycles. The topological polar surface area (TPSA) is 46.9 Å². The summed E-state index contributed by atoms with van der Waals surface area (Å²) in [5, 5.41) is 4.01. The Balaban J connectivity index is 1.46. The van der Waals surface area contributed by atoms with E-state index in [0.29, 0.717) is 5.56 Å². The third kappa shape index (κ3) is 3.96. The molecule has 1 amide bonds. The van der Waals surface area contributed by atoms with Gasteiger partial charge in [-0.15, -0.1) is 0 Å². The van der Waals surface area contributed by atoms with Crippen LogP contribution in [0.2, 0.25) is 0 Å². The summed E-state index contributed by atoms with van der Waals surface area (Å²) >= 11 is 0. The lowest BCUT2D eigenvalue weighted by atomic mass is 10.1. The lowest BCUT2D eigenvalue weighted by molar-refractivity contribution is 0.102. The van der Waals surface area contributed by atoms with Crippen LogP contribution in [0.5, 0.6) is 0 Å². The molecule has 0 spiro atoms. The Morgan fingerprint density at radius 3 is 2.56 bits per heavy atom. The number of hydrogen-bond donors (Lipinski definition) is 1. The Bertz CT molecular complexity index is 1120. The number of aromatic nitrogens is 2. The maximum Gasteiger partial charge on any atom is 0.255 e. The molecule has 4 heteroatoms. The number of para-hydroxylation sites is 1. The number of nitrogens with one attached hydrogen (secondary N) is 1. The van der Waals surface area contributed by atoms with E-state index in [0.717, 1.165) is 27.7 Å². The summed E-state index contributed by atoms with van der Waals surface area (Å²) in [6.45, 7) is 0. The molecule has 0 bridgehead atoms. The third-order valence-corrected chi connectivity index (χ3v) is 4.34. The molecule has 0 saturated carbocycles. The molecule has 132 valence electrons. The predicted molar refractivity (Wildman–Crippen MR) is 110 cm³/mol. The molecule has 0 radical (unpaired) electrons. The lowest BCUT2D eigenvalue weighted by Crippen LogP contribution is -2.11. The average Bonchev–Trinajstić information content (AvgIpc) is 3.11. The summed E-state index contributed by atoms with van der Waals surface area (Å²) in [6, 6.07) is 19.6.